The molecule has 23 heavy (non-hydrogen) atoms. The van der Waals surface area contributed by atoms with Crippen LogP contribution in [0.4, 0.5) is 0 Å². The number of halogens is 1. The van der Waals surface area contributed by atoms with Gasteiger partial charge in [-0.05, 0) is 26.2 Å². The number of hydrogen-bond acceptors (Lipinski definition) is 3. The fourth-order valence-electron chi connectivity index (χ4n) is 2.51. The average molecular weight is 438 g/mol. The van der Waals surface area contributed by atoms with Gasteiger partial charge in [-0.15, -0.1) is 30.6 Å². The Morgan fingerprint density at radius 3 is 2.70 bits per heavy atom. The minimum atomic E-state index is 0. The summed E-state index contributed by atoms with van der Waals surface area (Å²) in [5.74, 6) is 1.03. The van der Waals surface area contributed by atoms with Crippen LogP contribution in [0.2, 0.25) is 0 Å². The standard InChI is InChI=1S/C17H34N4O.HI/c1-4-6-7-8-9-11-20(3)17(18-5-2)19-10-12-21-13-15-22-16-14-21;/h4H,1,5-16H2,2-3H3,(H,18,19);1H. The van der Waals surface area contributed by atoms with E-state index in [0.29, 0.717) is 0 Å². The average Bonchev–Trinajstić information content (AvgIpc) is 2.54. The van der Waals surface area contributed by atoms with Gasteiger partial charge in [-0.1, -0.05) is 12.5 Å². The van der Waals surface area contributed by atoms with Crippen LogP contribution in [0.15, 0.2) is 17.6 Å². The molecule has 1 aliphatic heterocycles. The topological polar surface area (TPSA) is 40.1 Å². The fraction of sp³-hybridized carbons (Fsp3) is 0.824. The van der Waals surface area contributed by atoms with Gasteiger partial charge in [-0.2, -0.15) is 0 Å². The van der Waals surface area contributed by atoms with Gasteiger partial charge in [0.15, 0.2) is 5.96 Å². The molecule has 0 aromatic heterocycles. The Balaban J connectivity index is 0.00000484. The first-order valence-electron chi connectivity index (χ1n) is 8.68. The molecule has 1 aliphatic rings. The maximum atomic E-state index is 5.37. The van der Waals surface area contributed by atoms with Gasteiger partial charge in [0.05, 0.1) is 19.8 Å². The molecule has 0 aromatic rings. The van der Waals surface area contributed by atoms with E-state index < -0.39 is 0 Å². The predicted octanol–water partition coefficient (Wildman–Crippen LogP) is 2.58. The van der Waals surface area contributed by atoms with E-state index in [2.05, 4.69) is 35.7 Å². The lowest BCUT2D eigenvalue weighted by atomic mass is 10.2. The van der Waals surface area contributed by atoms with Gasteiger partial charge in [0.25, 0.3) is 0 Å². The Morgan fingerprint density at radius 2 is 2.04 bits per heavy atom. The molecule has 0 spiro atoms. The van der Waals surface area contributed by atoms with Crippen LogP contribution in [0.3, 0.4) is 0 Å². The number of nitrogens with one attached hydrogen (secondary N) is 1. The number of ether oxygens (including phenoxy) is 1. The first-order valence-corrected chi connectivity index (χ1v) is 8.68. The quantitative estimate of drug-likeness (QED) is 0.187. The molecule has 0 bridgehead atoms. The van der Waals surface area contributed by atoms with E-state index in [4.69, 9.17) is 9.73 Å². The zero-order valence-electron chi connectivity index (χ0n) is 14.9. The molecule has 1 saturated heterocycles. The van der Waals surface area contributed by atoms with Crippen LogP contribution in [-0.4, -0.2) is 75.3 Å². The van der Waals surface area contributed by atoms with Crippen LogP contribution in [0.1, 0.15) is 32.6 Å². The highest BCUT2D eigenvalue weighted by atomic mass is 127. The van der Waals surface area contributed by atoms with Crippen LogP contribution >= 0.6 is 24.0 Å². The molecule has 1 fully saturated rings. The van der Waals surface area contributed by atoms with Gasteiger partial charge in [0, 0.05) is 39.8 Å². The maximum Gasteiger partial charge on any atom is 0.193 e. The van der Waals surface area contributed by atoms with E-state index in [9.17, 15) is 0 Å². The third-order valence-corrected chi connectivity index (χ3v) is 3.88. The van der Waals surface area contributed by atoms with E-state index in [1.807, 2.05) is 6.08 Å². The second kappa shape index (κ2) is 15.2. The van der Waals surface area contributed by atoms with E-state index in [-0.39, 0.29) is 24.0 Å². The smallest absolute Gasteiger partial charge is 0.193 e. The number of morpholine rings is 1. The molecule has 0 unspecified atom stereocenters. The Labute approximate surface area is 159 Å². The van der Waals surface area contributed by atoms with Crippen LogP contribution in [0.5, 0.6) is 0 Å². The summed E-state index contributed by atoms with van der Waals surface area (Å²) in [5.41, 5.74) is 0. The van der Waals surface area contributed by atoms with Gasteiger partial charge >= 0.3 is 0 Å². The Hall–Kier alpha value is -0.340. The van der Waals surface area contributed by atoms with Crippen molar-refractivity contribution < 1.29 is 4.74 Å². The number of unbranched alkanes of at least 4 members (excludes halogenated alkanes) is 3. The summed E-state index contributed by atoms with van der Waals surface area (Å²) < 4.78 is 5.37. The summed E-state index contributed by atoms with van der Waals surface area (Å²) in [5, 5.41) is 3.39. The number of nitrogens with zero attached hydrogens (tertiary/aromatic N) is 3. The van der Waals surface area contributed by atoms with Crippen LogP contribution in [0.25, 0.3) is 0 Å². The number of guanidine groups is 1. The molecule has 0 saturated carbocycles. The van der Waals surface area contributed by atoms with E-state index >= 15 is 0 Å². The lowest BCUT2D eigenvalue weighted by Crippen LogP contribution is -2.41. The van der Waals surface area contributed by atoms with Gasteiger partial charge in [-0.3, -0.25) is 9.89 Å². The van der Waals surface area contributed by atoms with Crippen LogP contribution < -0.4 is 5.32 Å². The number of allylic oxidation sites excluding steroid dienone is 1. The van der Waals surface area contributed by atoms with E-state index in [0.717, 1.165) is 64.9 Å². The van der Waals surface area contributed by atoms with Crippen molar-refractivity contribution in [1.29, 1.82) is 0 Å². The molecule has 0 atom stereocenters. The lowest BCUT2D eigenvalue weighted by molar-refractivity contribution is 0.0394. The molecule has 0 radical (unpaired) electrons. The summed E-state index contributed by atoms with van der Waals surface area (Å²) in [6.45, 7) is 13.5. The first kappa shape index (κ1) is 22.7. The zero-order valence-corrected chi connectivity index (χ0v) is 17.3. The van der Waals surface area contributed by atoms with Crippen molar-refractivity contribution >= 4 is 29.9 Å². The highest BCUT2D eigenvalue weighted by molar-refractivity contribution is 14.0. The third kappa shape index (κ3) is 10.9. The highest BCUT2D eigenvalue weighted by Crippen LogP contribution is 2.02. The number of aliphatic imine (C=N–C) groups is 1. The molecule has 0 aliphatic carbocycles. The molecule has 6 heteroatoms. The van der Waals surface area contributed by atoms with Crippen molar-refractivity contribution in [3.05, 3.63) is 12.7 Å². The summed E-state index contributed by atoms with van der Waals surface area (Å²) in [7, 11) is 2.13. The number of rotatable bonds is 10. The van der Waals surface area contributed by atoms with Crippen molar-refractivity contribution in [2.45, 2.75) is 32.6 Å². The summed E-state index contributed by atoms with van der Waals surface area (Å²) in [4.78, 5) is 9.42. The van der Waals surface area contributed by atoms with Crippen LogP contribution in [-0.2, 0) is 4.74 Å². The zero-order chi connectivity index (χ0) is 16.0. The molecular weight excluding hydrogens is 403 g/mol. The largest absolute Gasteiger partial charge is 0.379 e. The minimum Gasteiger partial charge on any atom is -0.379 e. The monoisotopic (exact) mass is 438 g/mol. The molecule has 1 heterocycles. The maximum absolute atomic E-state index is 5.37. The van der Waals surface area contributed by atoms with Crippen molar-refractivity contribution in [2.24, 2.45) is 4.99 Å². The molecule has 0 aromatic carbocycles. The molecule has 1 rings (SSSR count). The number of hydrogen-bond donors (Lipinski definition) is 1. The second-order valence-corrected chi connectivity index (χ2v) is 5.75. The van der Waals surface area contributed by atoms with Gasteiger partial charge < -0.3 is 15.0 Å². The second-order valence-electron chi connectivity index (χ2n) is 5.75. The molecule has 0 amide bonds. The van der Waals surface area contributed by atoms with E-state index in [1.54, 1.807) is 0 Å². The molecule has 5 nitrogen and oxygen atoms in total. The highest BCUT2D eigenvalue weighted by Gasteiger charge is 2.10. The molecule has 136 valence electrons. The Bertz CT molecular complexity index is 320. The lowest BCUT2D eigenvalue weighted by Gasteiger charge is -2.26. The van der Waals surface area contributed by atoms with Crippen molar-refractivity contribution in [3.63, 3.8) is 0 Å². The van der Waals surface area contributed by atoms with Crippen molar-refractivity contribution in [1.82, 2.24) is 15.1 Å². The Kier molecular flexibility index (Phi) is 15.0. The summed E-state index contributed by atoms with van der Waals surface area (Å²) in [6, 6.07) is 0. The van der Waals surface area contributed by atoms with Crippen LogP contribution in [0, 0.1) is 0 Å². The van der Waals surface area contributed by atoms with Gasteiger partial charge in [0.2, 0.25) is 0 Å². The summed E-state index contributed by atoms with van der Waals surface area (Å²) in [6.07, 6.45) is 6.82. The summed E-state index contributed by atoms with van der Waals surface area (Å²) >= 11 is 0. The van der Waals surface area contributed by atoms with Crippen molar-refractivity contribution in [2.75, 3.05) is 59.5 Å². The van der Waals surface area contributed by atoms with Gasteiger partial charge in [0.1, 0.15) is 0 Å². The normalized spacial score (nSPS) is 15.8. The van der Waals surface area contributed by atoms with Crippen molar-refractivity contribution in [3.8, 4) is 0 Å². The SMILES string of the molecule is C=CCCCCCN(C)C(=NCCN1CCOCC1)NCC.I. The predicted molar refractivity (Wildman–Crippen MR) is 110 cm³/mol. The first-order chi connectivity index (χ1) is 10.8. The van der Waals surface area contributed by atoms with E-state index in [1.165, 1.54) is 19.3 Å². The third-order valence-electron chi connectivity index (χ3n) is 3.88. The van der Waals surface area contributed by atoms with Gasteiger partial charge in [-0.25, -0.2) is 0 Å². The fourth-order valence-corrected chi connectivity index (χ4v) is 2.51. The molecule has 1 N–H and O–H groups in total. The molecular formula is C17H35IN4O. The Morgan fingerprint density at radius 1 is 1.30 bits per heavy atom. The minimum absolute atomic E-state index is 0.